The number of rotatable bonds is 6. The summed E-state index contributed by atoms with van der Waals surface area (Å²) in [5.41, 5.74) is 0.0338. The van der Waals surface area contributed by atoms with Crippen LogP contribution in [0.2, 0.25) is 0 Å². The van der Waals surface area contributed by atoms with Crippen molar-refractivity contribution in [2.45, 2.75) is 58.5 Å². The molecule has 0 aromatic rings. The second-order valence-corrected chi connectivity index (χ2v) is 7.01. The molecule has 4 nitrogen and oxygen atoms in total. The summed E-state index contributed by atoms with van der Waals surface area (Å²) in [6.07, 6.45) is 5.26. The Hall–Kier alpha value is -0.610. The molecule has 0 aromatic heterocycles. The summed E-state index contributed by atoms with van der Waals surface area (Å²) >= 11 is 0. The Morgan fingerprint density at radius 1 is 1.40 bits per heavy atom. The van der Waals surface area contributed by atoms with E-state index in [4.69, 9.17) is 9.47 Å². The maximum absolute atomic E-state index is 12.3. The molecule has 2 aliphatic rings. The quantitative estimate of drug-likeness (QED) is 0.815. The van der Waals surface area contributed by atoms with Crippen LogP contribution in [0.3, 0.4) is 0 Å². The molecular formula is C16H29NO3. The van der Waals surface area contributed by atoms with Gasteiger partial charge in [-0.05, 0) is 46.5 Å². The normalized spacial score (nSPS) is 27.6. The second-order valence-electron chi connectivity index (χ2n) is 7.01. The molecule has 1 aliphatic carbocycles. The van der Waals surface area contributed by atoms with Crippen LogP contribution in [0.15, 0.2) is 0 Å². The molecule has 116 valence electrons. The summed E-state index contributed by atoms with van der Waals surface area (Å²) in [4.78, 5) is 12.3. The SMILES string of the molecule is CCOCC1(CNC(=O)[C@H]2CCOC(C)(C)C2)CCC1. The van der Waals surface area contributed by atoms with Crippen LogP contribution in [0.1, 0.15) is 52.9 Å². The Labute approximate surface area is 122 Å². The molecule has 1 saturated carbocycles. The summed E-state index contributed by atoms with van der Waals surface area (Å²) < 4.78 is 11.3. The highest BCUT2D eigenvalue weighted by Gasteiger charge is 2.39. The van der Waals surface area contributed by atoms with Crippen LogP contribution in [0, 0.1) is 11.3 Å². The highest BCUT2D eigenvalue weighted by atomic mass is 16.5. The highest BCUT2D eigenvalue weighted by molar-refractivity contribution is 5.78. The van der Waals surface area contributed by atoms with E-state index in [1.165, 1.54) is 19.3 Å². The zero-order valence-corrected chi connectivity index (χ0v) is 13.2. The largest absolute Gasteiger partial charge is 0.381 e. The van der Waals surface area contributed by atoms with Crippen molar-refractivity contribution in [3.8, 4) is 0 Å². The Morgan fingerprint density at radius 2 is 2.15 bits per heavy atom. The second kappa shape index (κ2) is 6.44. The van der Waals surface area contributed by atoms with Crippen LogP contribution >= 0.6 is 0 Å². The van der Waals surface area contributed by atoms with E-state index >= 15 is 0 Å². The lowest BCUT2D eigenvalue weighted by atomic mass is 9.69. The molecule has 1 atom stereocenters. The lowest BCUT2D eigenvalue weighted by molar-refractivity contribution is -0.136. The van der Waals surface area contributed by atoms with Crippen LogP contribution in [0.5, 0.6) is 0 Å². The van der Waals surface area contributed by atoms with Gasteiger partial charge in [0.1, 0.15) is 0 Å². The highest BCUT2D eigenvalue weighted by Crippen LogP contribution is 2.40. The molecule has 2 rings (SSSR count). The van der Waals surface area contributed by atoms with Gasteiger partial charge >= 0.3 is 0 Å². The van der Waals surface area contributed by atoms with Crippen molar-refractivity contribution in [1.82, 2.24) is 5.32 Å². The van der Waals surface area contributed by atoms with Gasteiger partial charge in [-0.1, -0.05) is 6.42 Å². The maximum Gasteiger partial charge on any atom is 0.223 e. The minimum Gasteiger partial charge on any atom is -0.381 e. The Balaban J connectivity index is 1.79. The van der Waals surface area contributed by atoms with Crippen LogP contribution in [-0.4, -0.2) is 37.9 Å². The lowest BCUT2D eigenvalue weighted by Crippen LogP contribution is -2.48. The van der Waals surface area contributed by atoms with Gasteiger partial charge in [0.2, 0.25) is 5.91 Å². The average Bonchev–Trinajstić information content (AvgIpc) is 2.35. The van der Waals surface area contributed by atoms with Gasteiger partial charge < -0.3 is 14.8 Å². The first-order valence-electron chi connectivity index (χ1n) is 7.96. The van der Waals surface area contributed by atoms with Gasteiger partial charge in [-0.15, -0.1) is 0 Å². The van der Waals surface area contributed by atoms with Crippen molar-refractivity contribution >= 4 is 5.91 Å². The zero-order valence-electron chi connectivity index (χ0n) is 13.2. The van der Waals surface area contributed by atoms with Gasteiger partial charge in [-0.2, -0.15) is 0 Å². The fourth-order valence-corrected chi connectivity index (χ4v) is 3.24. The topological polar surface area (TPSA) is 47.6 Å². The van der Waals surface area contributed by atoms with E-state index in [-0.39, 0.29) is 22.8 Å². The molecule has 1 N–H and O–H groups in total. The fraction of sp³-hybridized carbons (Fsp3) is 0.938. The van der Waals surface area contributed by atoms with Crippen molar-refractivity contribution in [3.63, 3.8) is 0 Å². The predicted molar refractivity (Wildman–Crippen MR) is 78.5 cm³/mol. The Bertz CT molecular complexity index is 337. The fourth-order valence-electron chi connectivity index (χ4n) is 3.24. The molecule has 20 heavy (non-hydrogen) atoms. The number of ether oxygens (including phenoxy) is 2. The third kappa shape index (κ3) is 3.95. The van der Waals surface area contributed by atoms with Gasteiger partial charge in [-0.25, -0.2) is 0 Å². The molecule has 1 aliphatic heterocycles. The van der Waals surface area contributed by atoms with Crippen molar-refractivity contribution in [2.24, 2.45) is 11.3 Å². The molecular weight excluding hydrogens is 254 g/mol. The first kappa shape index (κ1) is 15.8. The van der Waals surface area contributed by atoms with Crippen molar-refractivity contribution in [3.05, 3.63) is 0 Å². The molecule has 1 amide bonds. The maximum atomic E-state index is 12.3. The van der Waals surface area contributed by atoms with Crippen LogP contribution < -0.4 is 5.32 Å². The van der Waals surface area contributed by atoms with Gasteiger partial charge in [-0.3, -0.25) is 4.79 Å². The molecule has 0 unspecified atom stereocenters. The number of carbonyl (C=O) groups excluding carboxylic acids is 1. The molecule has 1 heterocycles. The summed E-state index contributed by atoms with van der Waals surface area (Å²) in [5.74, 6) is 0.298. The van der Waals surface area contributed by atoms with Crippen LogP contribution in [0.25, 0.3) is 0 Å². The summed E-state index contributed by atoms with van der Waals surface area (Å²) in [5, 5.41) is 3.17. The Kier molecular flexibility index (Phi) is 5.08. The average molecular weight is 283 g/mol. The minimum atomic E-state index is -0.167. The van der Waals surface area contributed by atoms with Crippen molar-refractivity contribution < 1.29 is 14.3 Å². The molecule has 0 spiro atoms. The third-order valence-corrected chi connectivity index (χ3v) is 4.73. The van der Waals surface area contributed by atoms with E-state index < -0.39 is 0 Å². The van der Waals surface area contributed by atoms with Gasteiger partial charge in [0, 0.05) is 31.1 Å². The molecule has 0 radical (unpaired) electrons. The van der Waals surface area contributed by atoms with Gasteiger partial charge in [0.25, 0.3) is 0 Å². The molecule has 2 fully saturated rings. The monoisotopic (exact) mass is 283 g/mol. The van der Waals surface area contributed by atoms with Gasteiger partial charge in [0.15, 0.2) is 0 Å². The summed E-state index contributed by atoms with van der Waals surface area (Å²) in [7, 11) is 0. The summed E-state index contributed by atoms with van der Waals surface area (Å²) in [6, 6.07) is 0. The van der Waals surface area contributed by atoms with E-state index in [0.717, 1.165) is 32.6 Å². The molecule has 0 aromatic carbocycles. The number of amides is 1. The van der Waals surface area contributed by atoms with E-state index in [1.807, 2.05) is 6.92 Å². The zero-order chi connectivity index (χ0) is 14.6. The predicted octanol–water partition coefficient (Wildman–Crippen LogP) is 2.51. The van der Waals surface area contributed by atoms with E-state index in [9.17, 15) is 4.79 Å². The molecule has 1 saturated heterocycles. The van der Waals surface area contributed by atoms with E-state index in [2.05, 4.69) is 19.2 Å². The number of hydrogen-bond acceptors (Lipinski definition) is 3. The lowest BCUT2D eigenvalue weighted by Gasteiger charge is -2.42. The summed E-state index contributed by atoms with van der Waals surface area (Å²) in [6.45, 7) is 9.14. The minimum absolute atomic E-state index is 0.1000. The first-order valence-corrected chi connectivity index (χ1v) is 7.96. The smallest absolute Gasteiger partial charge is 0.223 e. The molecule has 4 heteroatoms. The van der Waals surface area contributed by atoms with E-state index in [1.54, 1.807) is 0 Å². The number of hydrogen-bond donors (Lipinski definition) is 1. The van der Waals surface area contributed by atoms with Crippen molar-refractivity contribution in [1.29, 1.82) is 0 Å². The number of nitrogens with one attached hydrogen (secondary N) is 1. The van der Waals surface area contributed by atoms with Crippen LogP contribution in [-0.2, 0) is 14.3 Å². The number of carbonyl (C=O) groups is 1. The Morgan fingerprint density at radius 3 is 2.70 bits per heavy atom. The van der Waals surface area contributed by atoms with Gasteiger partial charge in [0.05, 0.1) is 12.2 Å². The standard InChI is InChI=1S/C16H29NO3/c1-4-19-12-16(7-5-8-16)11-17-14(18)13-6-9-20-15(2,3)10-13/h13H,4-12H2,1-3H3,(H,17,18)/t13-/m0/s1. The van der Waals surface area contributed by atoms with Crippen molar-refractivity contribution in [2.75, 3.05) is 26.4 Å². The van der Waals surface area contributed by atoms with E-state index in [0.29, 0.717) is 6.61 Å². The third-order valence-electron chi connectivity index (χ3n) is 4.73. The van der Waals surface area contributed by atoms with Crippen LogP contribution in [0.4, 0.5) is 0 Å². The molecule has 0 bridgehead atoms. The first-order chi connectivity index (χ1) is 9.46.